The van der Waals surface area contributed by atoms with Crippen molar-refractivity contribution in [2.75, 3.05) is 0 Å². The summed E-state index contributed by atoms with van der Waals surface area (Å²) >= 11 is 0. The van der Waals surface area contributed by atoms with Crippen molar-refractivity contribution in [3.63, 3.8) is 0 Å². The molecule has 5 heteroatoms. The molecule has 0 aliphatic heterocycles. The fraction of sp³-hybridized carbons (Fsp3) is 0.667. The van der Waals surface area contributed by atoms with Crippen molar-refractivity contribution in [1.82, 2.24) is 5.32 Å². The van der Waals surface area contributed by atoms with Gasteiger partial charge in [-0.2, -0.15) is 0 Å². The van der Waals surface area contributed by atoms with Crippen molar-refractivity contribution in [2.24, 2.45) is 5.73 Å². The normalized spacial score (nSPS) is 23.1. The average molecular weight is 203 g/mol. The van der Waals surface area contributed by atoms with E-state index in [1.165, 1.54) is 6.20 Å². The Kier molecular flexibility index (Phi) is 3.43. The van der Waals surface area contributed by atoms with Gasteiger partial charge in [0.1, 0.15) is 0 Å². The minimum absolute atomic E-state index is 0.0631. The third kappa shape index (κ3) is 3.32. The number of alkyl halides is 2. The topological polar surface area (TPSA) is 61.9 Å². The van der Waals surface area contributed by atoms with Crippen molar-refractivity contribution in [2.45, 2.75) is 37.6 Å². The summed E-state index contributed by atoms with van der Waals surface area (Å²) in [6.45, 7) is 0. The van der Waals surface area contributed by atoms with Crippen LogP contribution < -0.4 is 11.1 Å². The molecular formula is C9H15F2N3. The van der Waals surface area contributed by atoms with Crippen LogP contribution in [-0.4, -0.2) is 18.2 Å². The Morgan fingerprint density at radius 2 is 2.00 bits per heavy atom. The predicted octanol–water partition coefficient (Wildman–Crippen LogP) is 1.60. The summed E-state index contributed by atoms with van der Waals surface area (Å²) in [5, 5.41) is 9.75. The van der Waals surface area contributed by atoms with Crippen LogP contribution in [0.4, 0.5) is 8.78 Å². The van der Waals surface area contributed by atoms with Crippen molar-refractivity contribution in [3.8, 4) is 0 Å². The Labute approximate surface area is 81.9 Å². The summed E-state index contributed by atoms with van der Waals surface area (Å²) in [6, 6.07) is 0.0631. The van der Waals surface area contributed by atoms with Gasteiger partial charge in [0.25, 0.3) is 0 Å². The van der Waals surface area contributed by atoms with E-state index in [2.05, 4.69) is 5.32 Å². The number of nitrogens with one attached hydrogen (secondary N) is 2. The van der Waals surface area contributed by atoms with E-state index in [4.69, 9.17) is 11.1 Å². The smallest absolute Gasteiger partial charge is 0.248 e. The zero-order chi connectivity index (χ0) is 10.6. The van der Waals surface area contributed by atoms with Gasteiger partial charge in [0.2, 0.25) is 5.92 Å². The van der Waals surface area contributed by atoms with Gasteiger partial charge < -0.3 is 16.5 Å². The van der Waals surface area contributed by atoms with Crippen LogP contribution >= 0.6 is 0 Å². The molecule has 0 aromatic heterocycles. The Balaban J connectivity index is 2.33. The quantitative estimate of drug-likeness (QED) is 0.610. The van der Waals surface area contributed by atoms with Crippen LogP contribution in [-0.2, 0) is 0 Å². The van der Waals surface area contributed by atoms with Crippen LogP contribution in [0, 0.1) is 5.41 Å². The van der Waals surface area contributed by atoms with E-state index in [-0.39, 0.29) is 18.9 Å². The first kappa shape index (κ1) is 10.9. The standard InChI is InChI=1S/C9H15F2N3/c10-9(11)3-1-8(2-4-9)14-6-7(13)5-12/h5-6,8,12,14H,1-4,13H2/b7-6+,12-5?. The Hall–Kier alpha value is -1.13. The lowest BCUT2D eigenvalue weighted by Crippen LogP contribution is -2.35. The van der Waals surface area contributed by atoms with Gasteiger partial charge in [-0.15, -0.1) is 0 Å². The molecule has 1 rings (SSSR count). The Bertz CT molecular complexity index is 228. The minimum Gasteiger partial charge on any atom is -0.396 e. The van der Waals surface area contributed by atoms with E-state index >= 15 is 0 Å². The Morgan fingerprint density at radius 1 is 1.43 bits per heavy atom. The average Bonchev–Trinajstić information content (AvgIpc) is 2.16. The van der Waals surface area contributed by atoms with E-state index in [0.717, 1.165) is 6.21 Å². The number of allylic oxidation sites excluding steroid dienone is 1. The van der Waals surface area contributed by atoms with Gasteiger partial charge in [-0.3, -0.25) is 0 Å². The summed E-state index contributed by atoms with van der Waals surface area (Å²) in [4.78, 5) is 0. The monoisotopic (exact) mass is 203 g/mol. The van der Waals surface area contributed by atoms with Gasteiger partial charge in [-0.1, -0.05) is 0 Å². The summed E-state index contributed by atoms with van der Waals surface area (Å²) in [6.07, 6.45) is 3.29. The molecule has 14 heavy (non-hydrogen) atoms. The van der Waals surface area contributed by atoms with Crippen LogP contribution in [0.1, 0.15) is 25.7 Å². The maximum atomic E-state index is 12.7. The van der Waals surface area contributed by atoms with Crippen LogP contribution in [0.15, 0.2) is 11.9 Å². The zero-order valence-electron chi connectivity index (χ0n) is 7.89. The third-order valence-electron chi connectivity index (χ3n) is 2.37. The van der Waals surface area contributed by atoms with Gasteiger partial charge in [0.15, 0.2) is 0 Å². The highest BCUT2D eigenvalue weighted by Gasteiger charge is 2.34. The van der Waals surface area contributed by atoms with Crippen LogP contribution in [0.2, 0.25) is 0 Å². The Morgan fingerprint density at radius 3 is 2.50 bits per heavy atom. The maximum Gasteiger partial charge on any atom is 0.248 e. The van der Waals surface area contributed by atoms with Gasteiger partial charge in [-0.25, -0.2) is 8.78 Å². The third-order valence-corrected chi connectivity index (χ3v) is 2.37. The van der Waals surface area contributed by atoms with Crippen molar-refractivity contribution in [1.29, 1.82) is 5.41 Å². The van der Waals surface area contributed by atoms with Crippen LogP contribution in [0.25, 0.3) is 0 Å². The largest absolute Gasteiger partial charge is 0.396 e. The molecule has 0 aromatic rings. The molecule has 4 N–H and O–H groups in total. The van der Waals surface area contributed by atoms with Crippen LogP contribution in [0.3, 0.4) is 0 Å². The molecular weight excluding hydrogens is 188 g/mol. The molecule has 0 unspecified atom stereocenters. The highest BCUT2D eigenvalue weighted by molar-refractivity contribution is 5.73. The van der Waals surface area contributed by atoms with E-state index in [1.807, 2.05) is 0 Å². The van der Waals surface area contributed by atoms with E-state index in [0.29, 0.717) is 18.5 Å². The van der Waals surface area contributed by atoms with Crippen molar-refractivity contribution < 1.29 is 8.78 Å². The van der Waals surface area contributed by atoms with Gasteiger partial charge in [0, 0.05) is 31.3 Å². The molecule has 0 bridgehead atoms. The predicted molar refractivity (Wildman–Crippen MR) is 51.4 cm³/mol. The molecule has 0 aromatic carbocycles. The zero-order valence-corrected chi connectivity index (χ0v) is 7.89. The lowest BCUT2D eigenvalue weighted by molar-refractivity contribution is -0.0394. The SMILES string of the molecule is N=C/C(N)=C\NC1CCC(F)(F)CC1. The second kappa shape index (κ2) is 4.39. The lowest BCUT2D eigenvalue weighted by Gasteiger charge is -2.28. The van der Waals surface area contributed by atoms with E-state index in [1.54, 1.807) is 0 Å². The van der Waals surface area contributed by atoms with Crippen molar-refractivity contribution >= 4 is 6.21 Å². The highest BCUT2D eigenvalue weighted by Crippen LogP contribution is 2.32. The maximum absolute atomic E-state index is 12.7. The van der Waals surface area contributed by atoms with Gasteiger partial charge in [-0.05, 0) is 12.8 Å². The number of nitrogens with two attached hydrogens (primary N) is 1. The number of hydrogen-bond donors (Lipinski definition) is 3. The first-order valence-corrected chi connectivity index (χ1v) is 4.63. The second-order valence-electron chi connectivity index (χ2n) is 3.59. The van der Waals surface area contributed by atoms with E-state index < -0.39 is 5.92 Å². The molecule has 0 amide bonds. The fourth-order valence-corrected chi connectivity index (χ4v) is 1.46. The molecule has 0 radical (unpaired) electrons. The van der Waals surface area contributed by atoms with Crippen molar-refractivity contribution in [3.05, 3.63) is 11.9 Å². The molecule has 80 valence electrons. The number of hydrogen-bond acceptors (Lipinski definition) is 3. The van der Waals surface area contributed by atoms with E-state index in [9.17, 15) is 8.78 Å². The first-order valence-electron chi connectivity index (χ1n) is 4.63. The van der Waals surface area contributed by atoms with Gasteiger partial charge in [0.05, 0.1) is 5.70 Å². The molecule has 1 fully saturated rings. The molecule has 1 aliphatic carbocycles. The first-order chi connectivity index (χ1) is 6.53. The summed E-state index contributed by atoms with van der Waals surface area (Å²) in [7, 11) is 0. The highest BCUT2D eigenvalue weighted by atomic mass is 19.3. The minimum atomic E-state index is -2.49. The van der Waals surface area contributed by atoms with Gasteiger partial charge >= 0.3 is 0 Å². The summed E-state index contributed by atoms with van der Waals surface area (Å²) < 4.78 is 25.5. The number of rotatable bonds is 3. The molecule has 1 aliphatic rings. The molecule has 1 saturated carbocycles. The fourth-order valence-electron chi connectivity index (χ4n) is 1.46. The second-order valence-corrected chi connectivity index (χ2v) is 3.59. The summed E-state index contributed by atoms with van der Waals surface area (Å²) in [5.74, 6) is -2.49. The molecule has 0 spiro atoms. The molecule has 3 nitrogen and oxygen atoms in total. The number of halogens is 2. The van der Waals surface area contributed by atoms with Crippen LogP contribution in [0.5, 0.6) is 0 Å². The molecule has 0 heterocycles. The summed E-state index contributed by atoms with van der Waals surface area (Å²) in [5.41, 5.74) is 5.66. The molecule has 0 saturated heterocycles. The lowest BCUT2D eigenvalue weighted by atomic mass is 9.92. The molecule has 0 atom stereocenters.